The number of ether oxygens (including phenoxy) is 2. The Bertz CT molecular complexity index is 806. The Hall–Kier alpha value is -1.45. The maximum absolute atomic E-state index is 13.5. The van der Waals surface area contributed by atoms with Gasteiger partial charge in [0.1, 0.15) is 18.8 Å². The monoisotopic (exact) mass is 363 g/mol. The van der Waals surface area contributed by atoms with Crippen LogP contribution in [-0.4, -0.2) is 51.3 Å². The summed E-state index contributed by atoms with van der Waals surface area (Å²) in [4.78, 5) is 24.9. The van der Waals surface area contributed by atoms with Crippen LogP contribution in [0.3, 0.4) is 0 Å². The SMILES string of the molecule is C[P+](=O)OC[C@]12O[C@@H](n3cc(F)c(=O)[nH]c3=O)[C@H](OC1(C)C)[C@@H]2O. The lowest BCUT2D eigenvalue weighted by Gasteiger charge is -2.41. The third kappa shape index (κ3) is 2.37. The molecule has 11 heteroatoms. The van der Waals surface area contributed by atoms with Crippen LogP contribution in [0.2, 0.25) is 0 Å². The second kappa shape index (κ2) is 5.53. The average Bonchev–Trinajstić information content (AvgIpc) is 2.85. The largest absolute Gasteiger partial charge is 0.504 e. The van der Waals surface area contributed by atoms with Crippen LogP contribution in [0.25, 0.3) is 0 Å². The predicted octanol–water partition coefficient (Wildman–Crippen LogP) is -0.130. The maximum Gasteiger partial charge on any atom is 0.504 e. The summed E-state index contributed by atoms with van der Waals surface area (Å²) in [7, 11) is -1.95. The van der Waals surface area contributed by atoms with E-state index in [2.05, 4.69) is 0 Å². The molecule has 132 valence electrons. The van der Waals surface area contributed by atoms with Gasteiger partial charge in [0.15, 0.2) is 18.5 Å². The molecule has 0 radical (unpaired) electrons. The minimum atomic E-state index is -1.95. The fraction of sp³-hybridized carbons (Fsp3) is 0.692. The van der Waals surface area contributed by atoms with Gasteiger partial charge in [0, 0.05) is 0 Å². The Morgan fingerprint density at radius 1 is 1.46 bits per heavy atom. The standard InChI is InChI=1S/C13H16FN2O7P/c1-12(2)13(5-21-24(3)20)8(17)7(22-12)10(23-13)16-4-6(14)9(18)15-11(16)19/h4,7-8,10,17H,5H2,1-3H3/p+1/t7-,8+,10-,13-/m1/s1. The van der Waals surface area contributed by atoms with E-state index in [0.29, 0.717) is 6.20 Å². The first-order valence-corrected chi connectivity index (χ1v) is 8.80. The minimum Gasteiger partial charge on any atom is -0.387 e. The predicted molar refractivity (Wildman–Crippen MR) is 78.6 cm³/mol. The average molecular weight is 363 g/mol. The second-order valence-corrected chi connectivity index (χ2v) is 7.43. The number of aromatic amines is 1. The normalized spacial score (nSPS) is 34.5. The molecule has 1 unspecified atom stereocenters. The van der Waals surface area contributed by atoms with Crippen molar-refractivity contribution in [1.29, 1.82) is 0 Å². The number of nitrogens with zero attached hydrogens (tertiary/aromatic N) is 1. The topological polar surface area (TPSA) is 120 Å². The molecule has 0 aromatic carbocycles. The summed E-state index contributed by atoms with van der Waals surface area (Å²) in [5, 5.41) is 10.6. The Morgan fingerprint density at radius 3 is 2.75 bits per heavy atom. The van der Waals surface area contributed by atoms with E-state index in [1.54, 1.807) is 13.8 Å². The molecule has 0 amide bonds. The molecular weight excluding hydrogens is 346 g/mol. The third-order valence-electron chi connectivity index (χ3n) is 4.51. The van der Waals surface area contributed by atoms with Crippen molar-refractivity contribution < 1.29 is 28.1 Å². The van der Waals surface area contributed by atoms with Gasteiger partial charge in [0.25, 0.3) is 5.56 Å². The number of H-pyrrole nitrogens is 1. The van der Waals surface area contributed by atoms with Crippen LogP contribution in [0, 0.1) is 5.82 Å². The van der Waals surface area contributed by atoms with Crippen molar-refractivity contribution >= 4 is 8.03 Å². The fourth-order valence-corrected chi connectivity index (χ4v) is 3.55. The lowest BCUT2D eigenvalue weighted by Crippen LogP contribution is -2.57. The quantitative estimate of drug-likeness (QED) is 0.715. The summed E-state index contributed by atoms with van der Waals surface area (Å²) in [5.74, 6) is -1.17. The lowest BCUT2D eigenvalue weighted by atomic mass is 9.84. The first-order valence-electron chi connectivity index (χ1n) is 7.17. The number of fused-ring (bicyclic) bond motifs is 2. The van der Waals surface area contributed by atoms with E-state index in [4.69, 9.17) is 14.0 Å². The van der Waals surface area contributed by atoms with E-state index in [-0.39, 0.29) is 6.61 Å². The van der Waals surface area contributed by atoms with Crippen molar-refractivity contribution in [3.63, 3.8) is 0 Å². The molecule has 2 N–H and O–H groups in total. The van der Waals surface area contributed by atoms with Crippen LogP contribution in [0.5, 0.6) is 0 Å². The molecule has 2 aliphatic rings. The highest BCUT2D eigenvalue weighted by molar-refractivity contribution is 7.38. The van der Waals surface area contributed by atoms with Crippen molar-refractivity contribution in [2.24, 2.45) is 0 Å². The van der Waals surface area contributed by atoms with Crippen LogP contribution >= 0.6 is 8.03 Å². The fourth-order valence-electron chi connectivity index (χ4n) is 3.18. The van der Waals surface area contributed by atoms with Gasteiger partial charge in [-0.15, -0.1) is 4.52 Å². The Balaban J connectivity index is 2.01. The van der Waals surface area contributed by atoms with E-state index in [0.717, 1.165) is 4.57 Å². The van der Waals surface area contributed by atoms with Crippen molar-refractivity contribution in [3.05, 3.63) is 32.9 Å². The van der Waals surface area contributed by atoms with Crippen molar-refractivity contribution in [2.75, 3.05) is 13.3 Å². The molecular formula is C13H17FN2O7P+. The van der Waals surface area contributed by atoms with Gasteiger partial charge in [0.2, 0.25) is 5.82 Å². The summed E-state index contributed by atoms with van der Waals surface area (Å²) >= 11 is 0. The first kappa shape index (κ1) is 17.4. The molecule has 24 heavy (non-hydrogen) atoms. The maximum atomic E-state index is 13.5. The van der Waals surface area contributed by atoms with Crippen LogP contribution in [0.4, 0.5) is 4.39 Å². The van der Waals surface area contributed by atoms with Crippen LogP contribution in [-0.2, 0) is 18.6 Å². The highest BCUT2D eigenvalue weighted by Crippen LogP contribution is 2.54. The number of halogens is 1. The van der Waals surface area contributed by atoms with Gasteiger partial charge >= 0.3 is 13.7 Å². The summed E-state index contributed by atoms with van der Waals surface area (Å²) in [6.07, 6.45) is -2.65. The third-order valence-corrected chi connectivity index (χ3v) is 5.00. The van der Waals surface area contributed by atoms with Crippen molar-refractivity contribution in [1.82, 2.24) is 9.55 Å². The highest BCUT2D eigenvalue weighted by Gasteiger charge is 2.71. The number of aliphatic hydroxyl groups excluding tert-OH is 1. The van der Waals surface area contributed by atoms with E-state index >= 15 is 0 Å². The summed E-state index contributed by atoms with van der Waals surface area (Å²) < 4.78 is 42.4. The van der Waals surface area contributed by atoms with Gasteiger partial charge in [-0.25, -0.2) is 4.79 Å². The number of rotatable bonds is 4. The first-order chi connectivity index (χ1) is 11.1. The van der Waals surface area contributed by atoms with E-state index in [1.807, 2.05) is 4.98 Å². The summed E-state index contributed by atoms with van der Waals surface area (Å²) in [5.41, 5.74) is -4.44. The highest BCUT2D eigenvalue weighted by atomic mass is 31.1. The minimum absolute atomic E-state index is 0.236. The molecule has 2 saturated heterocycles. The molecule has 2 fully saturated rings. The van der Waals surface area contributed by atoms with E-state index in [1.165, 1.54) is 6.66 Å². The molecule has 9 nitrogen and oxygen atoms in total. The zero-order valence-corrected chi connectivity index (χ0v) is 14.1. The van der Waals surface area contributed by atoms with Gasteiger partial charge in [0.05, 0.1) is 11.8 Å². The Kier molecular flexibility index (Phi) is 4.01. The van der Waals surface area contributed by atoms with Gasteiger partial charge < -0.3 is 14.6 Å². The van der Waals surface area contributed by atoms with Gasteiger partial charge in [-0.2, -0.15) is 4.39 Å². The van der Waals surface area contributed by atoms with Gasteiger partial charge in [-0.1, -0.05) is 0 Å². The zero-order valence-electron chi connectivity index (χ0n) is 13.2. The molecule has 0 saturated carbocycles. The van der Waals surface area contributed by atoms with Crippen LogP contribution in [0.1, 0.15) is 20.1 Å². The summed E-state index contributed by atoms with van der Waals surface area (Å²) in [6, 6.07) is 0. The smallest absolute Gasteiger partial charge is 0.387 e. The van der Waals surface area contributed by atoms with Crippen molar-refractivity contribution in [3.8, 4) is 0 Å². The molecule has 1 aromatic heterocycles. The number of aromatic nitrogens is 2. The number of aliphatic hydroxyl groups is 1. The van der Waals surface area contributed by atoms with Crippen molar-refractivity contribution in [2.45, 2.75) is 43.5 Å². The molecule has 3 heterocycles. The molecule has 0 spiro atoms. The number of hydrogen-bond donors (Lipinski definition) is 2. The zero-order chi connectivity index (χ0) is 17.9. The molecule has 1 aromatic rings. The molecule has 2 aliphatic heterocycles. The second-order valence-electron chi connectivity index (χ2n) is 6.29. The van der Waals surface area contributed by atoms with E-state index < -0.39 is 54.7 Å². The Labute approximate surface area is 136 Å². The molecule has 3 rings (SSSR count). The Morgan fingerprint density at radius 2 is 2.12 bits per heavy atom. The van der Waals surface area contributed by atoms with Gasteiger partial charge in [-0.3, -0.25) is 14.3 Å². The molecule has 2 bridgehead atoms. The van der Waals surface area contributed by atoms with Crippen LogP contribution < -0.4 is 11.2 Å². The van der Waals surface area contributed by atoms with Gasteiger partial charge in [-0.05, 0) is 18.4 Å². The lowest BCUT2D eigenvalue weighted by molar-refractivity contribution is -0.256. The van der Waals surface area contributed by atoms with E-state index in [9.17, 15) is 23.7 Å². The summed E-state index contributed by atoms with van der Waals surface area (Å²) in [6.45, 7) is 4.44. The molecule has 5 atom stereocenters. The molecule has 0 aliphatic carbocycles. The number of nitrogens with one attached hydrogen (secondary N) is 1. The van der Waals surface area contributed by atoms with Crippen LogP contribution in [0.15, 0.2) is 15.8 Å². The number of hydrogen-bond acceptors (Lipinski definition) is 7.